The maximum absolute atomic E-state index is 11.3. The summed E-state index contributed by atoms with van der Waals surface area (Å²) in [7, 11) is 0. The monoisotopic (exact) mass is 166 g/mol. The molecule has 0 aliphatic heterocycles. The lowest BCUT2D eigenvalue weighted by molar-refractivity contribution is -0.122. The topological polar surface area (TPSA) is 37.3 Å². The van der Waals surface area contributed by atoms with Crippen molar-refractivity contribution in [3.63, 3.8) is 0 Å². The van der Waals surface area contributed by atoms with Gasteiger partial charge in [-0.25, -0.2) is 0 Å². The fraction of sp³-hybridized carbons (Fsp3) is 0.500. The highest BCUT2D eigenvalue weighted by Crippen LogP contribution is 2.28. The summed E-state index contributed by atoms with van der Waals surface area (Å²) in [6, 6.07) is 0. The van der Waals surface area contributed by atoms with Crippen LogP contribution < -0.4 is 0 Å². The number of carbonyl (C=O) groups is 1. The van der Waals surface area contributed by atoms with Gasteiger partial charge in [-0.2, -0.15) is 0 Å². The molecular weight excluding hydrogens is 152 g/mol. The van der Waals surface area contributed by atoms with E-state index in [-0.39, 0.29) is 17.5 Å². The first-order chi connectivity index (χ1) is 5.54. The molecule has 2 nitrogen and oxygen atoms in total. The minimum absolute atomic E-state index is 0.0342. The third-order valence-electron chi connectivity index (χ3n) is 2.31. The molecule has 1 atom stereocenters. The lowest BCUT2D eigenvalue weighted by atomic mass is 9.86. The summed E-state index contributed by atoms with van der Waals surface area (Å²) >= 11 is 0. The molecule has 0 radical (unpaired) electrons. The van der Waals surface area contributed by atoms with Gasteiger partial charge in [-0.3, -0.25) is 4.79 Å². The van der Waals surface area contributed by atoms with Gasteiger partial charge >= 0.3 is 0 Å². The number of hydrogen-bond acceptors (Lipinski definition) is 2. The molecule has 2 heteroatoms. The Morgan fingerprint density at radius 1 is 1.67 bits per heavy atom. The Kier molecular flexibility index (Phi) is 2.36. The van der Waals surface area contributed by atoms with E-state index in [1.54, 1.807) is 0 Å². The van der Waals surface area contributed by atoms with Crippen LogP contribution in [0.25, 0.3) is 0 Å². The molecule has 0 amide bonds. The van der Waals surface area contributed by atoms with Gasteiger partial charge in [-0.05, 0) is 25.3 Å². The fourth-order valence-electron chi connectivity index (χ4n) is 1.41. The number of aliphatic hydroxyl groups is 1. The molecule has 1 rings (SSSR count). The van der Waals surface area contributed by atoms with Crippen molar-refractivity contribution in [2.45, 2.75) is 26.7 Å². The standard InChI is InChI=1S/C10H14O2/c1-6(2)8-5-4-7(3)9(11)10(8)12/h7,12H,1,4-5H2,2-3H3/t7-/m0/s1. The van der Waals surface area contributed by atoms with Crippen molar-refractivity contribution in [2.75, 3.05) is 0 Å². The molecule has 12 heavy (non-hydrogen) atoms. The van der Waals surface area contributed by atoms with Crippen LogP contribution in [0.4, 0.5) is 0 Å². The van der Waals surface area contributed by atoms with Crippen LogP contribution in [-0.2, 0) is 4.79 Å². The summed E-state index contributed by atoms with van der Waals surface area (Å²) in [6.45, 7) is 7.37. The normalized spacial score (nSPS) is 24.5. The summed E-state index contributed by atoms with van der Waals surface area (Å²) < 4.78 is 0. The molecule has 66 valence electrons. The second kappa shape index (κ2) is 3.13. The summed E-state index contributed by atoms with van der Waals surface area (Å²) in [4.78, 5) is 11.3. The van der Waals surface area contributed by atoms with Crippen molar-refractivity contribution in [1.29, 1.82) is 0 Å². The third-order valence-corrected chi connectivity index (χ3v) is 2.31. The average molecular weight is 166 g/mol. The number of Topliss-reactive ketones (excluding diaryl/α,β-unsaturated/α-hetero) is 1. The first-order valence-corrected chi connectivity index (χ1v) is 4.16. The Morgan fingerprint density at radius 3 is 2.75 bits per heavy atom. The minimum atomic E-state index is -0.140. The Bertz CT molecular complexity index is 261. The Labute approximate surface area is 72.6 Å². The highest BCUT2D eigenvalue weighted by atomic mass is 16.3. The minimum Gasteiger partial charge on any atom is -0.504 e. The predicted octanol–water partition coefficient (Wildman–Crippen LogP) is 2.37. The highest BCUT2D eigenvalue weighted by Gasteiger charge is 2.26. The lowest BCUT2D eigenvalue weighted by Crippen LogP contribution is -2.20. The van der Waals surface area contributed by atoms with Crippen LogP contribution in [0.15, 0.2) is 23.5 Å². The van der Waals surface area contributed by atoms with Gasteiger partial charge in [-0.15, -0.1) is 0 Å². The summed E-state index contributed by atoms with van der Waals surface area (Å²) in [5.74, 6) is -0.242. The van der Waals surface area contributed by atoms with E-state index < -0.39 is 0 Å². The number of aliphatic hydroxyl groups excluding tert-OH is 1. The van der Waals surface area contributed by atoms with Gasteiger partial charge in [-0.1, -0.05) is 19.1 Å². The number of rotatable bonds is 1. The Hall–Kier alpha value is -1.05. The summed E-state index contributed by atoms with van der Waals surface area (Å²) in [5, 5.41) is 9.45. The van der Waals surface area contributed by atoms with Gasteiger partial charge in [0.15, 0.2) is 11.5 Å². The fourth-order valence-corrected chi connectivity index (χ4v) is 1.41. The quantitative estimate of drug-likeness (QED) is 0.649. The maximum atomic E-state index is 11.3. The molecule has 0 heterocycles. The molecule has 0 unspecified atom stereocenters. The van der Waals surface area contributed by atoms with Crippen molar-refractivity contribution in [3.05, 3.63) is 23.5 Å². The molecule has 0 aromatic rings. The molecule has 0 saturated heterocycles. The molecule has 0 aromatic carbocycles. The maximum Gasteiger partial charge on any atom is 0.200 e. The van der Waals surface area contributed by atoms with Crippen LogP contribution in [0.5, 0.6) is 0 Å². The van der Waals surface area contributed by atoms with E-state index in [4.69, 9.17) is 0 Å². The number of allylic oxidation sites excluding steroid dienone is 3. The second-order valence-corrected chi connectivity index (χ2v) is 3.41. The van der Waals surface area contributed by atoms with Crippen LogP contribution in [0, 0.1) is 5.92 Å². The second-order valence-electron chi connectivity index (χ2n) is 3.41. The van der Waals surface area contributed by atoms with Crippen molar-refractivity contribution < 1.29 is 9.90 Å². The zero-order valence-corrected chi connectivity index (χ0v) is 7.55. The molecule has 0 bridgehead atoms. The smallest absolute Gasteiger partial charge is 0.200 e. The van der Waals surface area contributed by atoms with Crippen molar-refractivity contribution in [3.8, 4) is 0 Å². The average Bonchev–Trinajstić information content (AvgIpc) is 2.00. The van der Waals surface area contributed by atoms with Crippen molar-refractivity contribution in [2.24, 2.45) is 5.92 Å². The van der Waals surface area contributed by atoms with E-state index in [1.807, 2.05) is 13.8 Å². The van der Waals surface area contributed by atoms with Crippen molar-refractivity contribution >= 4 is 5.78 Å². The van der Waals surface area contributed by atoms with E-state index >= 15 is 0 Å². The molecule has 0 aromatic heterocycles. The van der Waals surface area contributed by atoms with Crippen LogP contribution in [0.2, 0.25) is 0 Å². The third kappa shape index (κ3) is 1.42. The van der Waals surface area contributed by atoms with Crippen molar-refractivity contribution in [1.82, 2.24) is 0 Å². The lowest BCUT2D eigenvalue weighted by Gasteiger charge is -2.19. The molecule has 1 aliphatic carbocycles. The Balaban J connectivity index is 3.01. The van der Waals surface area contributed by atoms with Crippen LogP contribution in [0.1, 0.15) is 26.7 Å². The van der Waals surface area contributed by atoms with E-state index in [1.165, 1.54) is 0 Å². The van der Waals surface area contributed by atoms with Gasteiger partial charge in [0.05, 0.1) is 0 Å². The highest BCUT2D eigenvalue weighted by molar-refractivity contribution is 5.96. The molecule has 0 fully saturated rings. The van der Waals surface area contributed by atoms with E-state index in [2.05, 4.69) is 6.58 Å². The molecular formula is C10H14O2. The molecule has 0 spiro atoms. The van der Waals surface area contributed by atoms with Crippen LogP contribution >= 0.6 is 0 Å². The molecule has 1 aliphatic rings. The van der Waals surface area contributed by atoms with Gasteiger partial charge in [0.1, 0.15) is 0 Å². The van der Waals surface area contributed by atoms with E-state index in [0.29, 0.717) is 0 Å². The van der Waals surface area contributed by atoms with Gasteiger partial charge in [0.25, 0.3) is 0 Å². The van der Waals surface area contributed by atoms with Crippen LogP contribution in [-0.4, -0.2) is 10.9 Å². The van der Waals surface area contributed by atoms with Gasteiger partial charge < -0.3 is 5.11 Å². The number of carbonyl (C=O) groups excluding carboxylic acids is 1. The SMILES string of the molecule is C=C(C)C1=C(O)C(=O)[C@@H](C)CC1. The first-order valence-electron chi connectivity index (χ1n) is 4.16. The summed E-state index contributed by atoms with van der Waals surface area (Å²) in [6.07, 6.45) is 1.60. The largest absolute Gasteiger partial charge is 0.504 e. The van der Waals surface area contributed by atoms with Gasteiger partial charge in [0.2, 0.25) is 0 Å². The zero-order valence-electron chi connectivity index (χ0n) is 7.55. The number of hydrogen-bond donors (Lipinski definition) is 1. The van der Waals surface area contributed by atoms with Gasteiger partial charge in [0, 0.05) is 5.92 Å². The molecule has 1 N–H and O–H groups in total. The predicted molar refractivity (Wildman–Crippen MR) is 47.9 cm³/mol. The Morgan fingerprint density at radius 2 is 2.25 bits per heavy atom. The molecule has 0 saturated carbocycles. The van der Waals surface area contributed by atoms with E-state index in [0.717, 1.165) is 24.0 Å². The first kappa shape index (κ1) is 9.04. The summed E-state index contributed by atoms with van der Waals surface area (Å²) in [5.41, 5.74) is 1.53. The zero-order chi connectivity index (χ0) is 9.30. The van der Waals surface area contributed by atoms with E-state index in [9.17, 15) is 9.90 Å². The number of ketones is 1. The van der Waals surface area contributed by atoms with Crippen LogP contribution in [0.3, 0.4) is 0 Å².